The fourth-order valence-electron chi connectivity index (χ4n) is 1.93. The van der Waals surface area contributed by atoms with Crippen molar-refractivity contribution in [2.24, 2.45) is 0 Å². The minimum atomic E-state index is -0.323. The lowest BCUT2D eigenvalue weighted by molar-refractivity contribution is -0.141. The molecule has 0 heterocycles. The molecule has 0 spiro atoms. The van der Waals surface area contributed by atoms with Crippen molar-refractivity contribution in [1.29, 1.82) is 0 Å². The molecule has 0 bridgehead atoms. The highest BCUT2D eigenvalue weighted by Crippen LogP contribution is 2.17. The third kappa shape index (κ3) is 4.61. The molecule has 5 nitrogen and oxygen atoms in total. The van der Waals surface area contributed by atoms with Crippen molar-refractivity contribution in [3.8, 4) is 0 Å². The monoisotopic (exact) mass is 228 g/mol. The first-order valence-electron chi connectivity index (χ1n) is 5.66. The molecule has 1 saturated carbocycles. The number of methoxy groups -OCH3 is 1. The van der Waals surface area contributed by atoms with Gasteiger partial charge >= 0.3 is 5.97 Å². The summed E-state index contributed by atoms with van der Waals surface area (Å²) in [5.74, 6) is -0.338. The fraction of sp³-hybridized carbons (Fsp3) is 0.818. The Morgan fingerprint density at radius 1 is 1.31 bits per heavy atom. The molecule has 0 aromatic carbocycles. The number of carbonyl (C=O) groups excluding carboxylic acids is 2. The van der Waals surface area contributed by atoms with Crippen molar-refractivity contribution in [2.75, 3.05) is 27.2 Å². The van der Waals surface area contributed by atoms with E-state index in [-0.39, 0.29) is 25.0 Å². The Morgan fingerprint density at radius 3 is 2.50 bits per heavy atom. The summed E-state index contributed by atoms with van der Waals surface area (Å²) in [5, 5.41) is 2.97. The van der Waals surface area contributed by atoms with Crippen LogP contribution >= 0.6 is 0 Å². The third-order valence-corrected chi connectivity index (χ3v) is 2.76. The Balaban J connectivity index is 2.19. The van der Waals surface area contributed by atoms with Crippen molar-refractivity contribution >= 4 is 11.9 Å². The number of ether oxygens (including phenoxy) is 1. The van der Waals surface area contributed by atoms with Gasteiger partial charge in [0.1, 0.15) is 0 Å². The van der Waals surface area contributed by atoms with E-state index in [2.05, 4.69) is 10.1 Å². The van der Waals surface area contributed by atoms with Gasteiger partial charge in [0.05, 0.1) is 20.2 Å². The van der Waals surface area contributed by atoms with Crippen molar-refractivity contribution in [3.05, 3.63) is 0 Å². The van der Waals surface area contributed by atoms with Gasteiger partial charge in [-0.05, 0) is 19.9 Å². The standard InChI is InChI=1S/C11H20N2O3/c1-13(8-11(15)16-2)7-10(14)12-9-5-3-4-6-9/h9H,3-8H2,1-2H3,(H,12,14). The van der Waals surface area contributed by atoms with Gasteiger partial charge in [-0.15, -0.1) is 0 Å². The van der Waals surface area contributed by atoms with Gasteiger partial charge in [-0.2, -0.15) is 0 Å². The maximum atomic E-state index is 11.6. The Morgan fingerprint density at radius 2 is 1.94 bits per heavy atom. The highest BCUT2D eigenvalue weighted by Gasteiger charge is 2.18. The molecule has 1 N–H and O–H groups in total. The molecular weight excluding hydrogens is 208 g/mol. The molecule has 1 rings (SSSR count). The van der Waals surface area contributed by atoms with Crippen LogP contribution in [0, 0.1) is 0 Å². The molecule has 1 amide bonds. The molecule has 16 heavy (non-hydrogen) atoms. The van der Waals surface area contributed by atoms with Crippen molar-refractivity contribution in [1.82, 2.24) is 10.2 Å². The van der Waals surface area contributed by atoms with E-state index in [0.717, 1.165) is 12.8 Å². The Labute approximate surface area is 96.1 Å². The van der Waals surface area contributed by atoms with Gasteiger partial charge in [-0.3, -0.25) is 14.5 Å². The molecule has 1 fully saturated rings. The number of hydrogen-bond acceptors (Lipinski definition) is 4. The van der Waals surface area contributed by atoms with Gasteiger partial charge in [-0.1, -0.05) is 12.8 Å². The second kappa shape index (κ2) is 6.48. The zero-order chi connectivity index (χ0) is 12.0. The second-order valence-corrected chi connectivity index (χ2v) is 4.30. The van der Waals surface area contributed by atoms with E-state index >= 15 is 0 Å². The van der Waals surface area contributed by atoms with Gasteiger partial charge < -0.3 is 10.1 Å². The first-order valence-corrected chi connectivity index (χ1v) is 5.66. The van der Waals surface area contributed by atoms with E-state index in [9.17, 15) is 9.59 Å². The maximum Gasteiger partial charge on any atom is 0.319 e. The lowest BCUT2D eigenvalue weighted by atomic mass is 10.2. The van der Waals surface area contributed by atoms with E-state index in [0.29, 0.717) is 6.04 Å². The zero-order valence-electron chi connectivity index (χ0n) is 9.99. The molecule has 0 radical (unpaired) electrons. The number of carbonyl (C=O) groups is 2. The summed E-state index contributed by atoms with van der Waals surface area (Å²) in [6.45, 7) is 0.389. The Bertz CT molecular complexity index is 250. The van der Waals surface area contributed by atoms with E-state index in [1.807, 2.05) is 0 Å². The van der Waals surface area contributed by atoms with Crippen LogP contribution in [0.3, 0.4) is 0 Å². The van der Waals surface area contributed by atoms with E-state index in [4.69, 9.17) is 0 Å². The zero-order valence-corrected chi connectivity index (χ0v) is 9.99. The molecule has 0 aliphatic heterocycles. The van der Waals surface area contributed by atoms with E-state index < -0.39 is 0 Å². The molecule has 0 aromatic heterocycles. The fourth-order valence-corrected chi connectivity index (χ4v) is 1.93. The van der Waals surface area contributed by atoms with Crippen LogP contribution < -0.4 is 5.32 Å². The Hall–Kier alpha value is -1.10. The van der Waals surface area contributed by atoms with E-state index in [1.165, 1.54) is 20.0 Å². The number of amides is 1. The highest BCUT2D eigenvalue weighted by atomic mass is 16.5. The topological polar surface area (TPSA) is 58.6 Å². The number of rotatable bonds is 5. The predicted molar refractivity (Wildman–Crippen MR) is 59.9 cm³/mol. The lowest BCUT2D eigenvalue weighted by Crippen LogP contribution is -2.41. The summed E-state index contributed by atoms with van der Waals surface area (Å²) in [4.78, 5) is 24.2. The third-order valence-electron chi connectivity index (χ3n) is 2.76. The molecule has 1 aliphatic carbocycles. The summed E-state index contributed by atoms with van der Waals surface area (Å²) in [7, 11) is 3.07. The minimum absolute atomic E-state index is 0.0155. The van der Waals surface area contributed by atoms with Gasteiger partial charge in [0, 0.05) is 6.04 Å². The molecule has 92 valence electrons. The van der Waals surface area contributed by atoms with Crippen LogP contribution in [-0.4, -0.2) is 50.1 Å². The number of nitrogens with zero attached hydrogens (tertiary/aromatic N) is 1. The summed E-state index contributed by atoms with van der Waals surface area (Å²) in [6.07, 6.45) is 4.55. The average Bonchev–Trinajstić information content (AvgIpc) is 2.69. The smallest absolute Gasteiger partial charge is 0.319 e. The van der Waals surface area contributed by atoms with Crippen molar-refractivity contribution in [2.45, 2.75) is 31.7 Å². The quantitative estimate of drug-likeness (QED) is 0.680. The number of nitrogens with one attached hydrogen (secondary N) is 1. The van der Waals surface area contributed by atoms with Crippen molar-refractivity contribution < 1.29 is 14.3 Å². The SMILES string of the molecule is COC(=O)CN(C)CC(=O)NC1CCCC1. The van der Waals surface area contributed by atoms with Crippen LogP contribution in [0.1, 0.15) is 25.7 Å². The molecule has 0 saturated heterocycles. The molecule has 0 aromatic rings. The highest BCUT2D eigenvalue weighted by molar-refractivity contribution is 5.79. The predicted octanol–water partition coefficient (Wildman–Crippen LogP) is 0.150. The lowest BCUT2D eigenvalue weighted by Gasteiger charge is -2.17. The van der Waals surface area contributed by atoms with Crippen molar-refractivity contribution in [3.63, 3.8) is 0 Å². The van der Waals surface area contributed by atoms with Crippen LogP contribution in [0.4, 0.5) is 0 Å². The van der Waals surface area contributed by atoms with Crippen LogP contribution in [-0.2, 0) is 14.3 Å². The number of likely N-dealkylation sites (N-methyl/N-ethyl adjacent to an activating group) is 1. The first-order chi connectivity index (χ1) is 7.61. The van der Waals surface area contributed by atoms with Crippen LogP contribution in [0.25, 0.3) is 0 Å². The first kappa shape index (κ1) is 13.0. The minimum Gasteiger partial charge on any atom is -0.468 e. The van der Waals surface area contributed by atoms with Gasteiger partial charge in [0.15, 0.2) is 0 Å². The molecule has 5 heteroatoms. The molecular formula is C11H20N2O3. The molecule has 0 unspecified atom stereocenters. The maximum absolute atomic E-state index is 11.6. The largest absolute Gasteiger partial charge is 0.468 e. The number of hydrogen-bond donors (Lipinski definition) is 1. The summed E-state index contributed by atoms with van der Waals surface area (Å²) in [6, 6.07) is 0.332. The second-order valence-electron chi connectivity index (χ2n) is 4.30. The summed E-state index contributed by atoms with van der Waals surface area (Å²) in [5.41, 5.74) is 0. The van der Waals surface area contributed by atoms with Gasteiger partial charge in [-0.25, -0.2) is 0 Å². The number of esters is 1. The van der Waals surface area contributed by atoms with Gasteiger partial charge in [0.2, 0.25) is 5.91 Å². The summed E-state index contributed by atoms with van der Waals surface area (Å²) >= 11 is 0. The molecule has 1 aliphatic rings. The van der Waals surface area contributed by atoms with Gasteiger partial charge in [0.25, 0.3) is 0 Å². The summed E-state index contributed by atoms with van der Waals surface area (Å²) < 4.78 is 4.52. The van der Waals surface area contributed by atoms with Crippen LogP contribution in [0.5, 0.6) is 0 Å². The van der Waals surface area contributed by atoms with Crippen LogP contribution in [0.15, 0.2) is 0 Å². The van der Waals surface area contributed by atoms with Crippen LogP contribution in [0.2, 0.25) is 0 Å². The van der Waals surface area contributed by atoms with E-state index in [1.54, 1.807) is 11.9 Å². The molecule has 0 atom stereocenters. The Kier molecular flexibility index (Phi) is 5.25. The average molecular weight is 228 g/mol. The normalized spacial score (nSPS) is 16.4.